The minimum Gasteiger partial charge on any atom is -0.491 e. The predicted octanol–water partition coefficient (Wildman–Crippen LogP) is 4.42. The summed E-state index contributed by atoms with van der Waals surface area (Å²) in [5.74, 6) is 2.08. The van der Waals surface area contributed by atoms with E-state index >= 15 is 0 Å². The zero-order valence-corrected chi connectivity index (χ0v) is 14.3. The highest BCUT2D eigenvalue weighted by Crippen LogP contribution is 2.51. The highest BCUT2D eigenvalue weighted by Gasteiger charge is 2.43. The number of aliphatic hydroxyl groups is 1. The molecule has 24 heavy (non-hydrogen) atoms. The molecule has 0 saturated heterocycles. The second-order valence-corrected chi connectivity index (χ2v) is 7.63. The Morgan fingerprint density at radius 3 is 2.62 bits per heavy atom. The molecule has 0 unspecified atom stereocenters. The molecule has 0 spiro atoms. The summed E-state index contributed by atoms with van der Waals surface area (Å²) in [6.07, 6.45) is 7.41. The van der Waals surface area contributed by atoms with Crippen LogP contribution in [0.4, 0.5) is 4.39 Å². The van der Waals surface area contributed by atoms with Crippen LogP contribution in [0.5, 0.6) is 11.5 Å². The maximum absolute atomic E-state index is 14.6. The monoisotopic (exact) mass is 334 g/mol. The van der Waals surface area contributed by atoms with E-state index in [4.69, 9.17) is 9.47 Å². The van der Waals surface area contributed by atoms with Gasteiger partial charge in [0, 0.05) is 11.5 Å². The Morgan fingerprint density at radius 2 is 1.88 bits per heavy atom. The minimum atomic E-state index is -0.332. The quantitative estimate of drug-likeness (QED) is 0.889. The average molecular weight is 334 g/mol. The van der Waals surface area contributed by atoms with Crippen LogP contribution in [0.2, 0.25) is 0 Å². The first-order valence-corrected chi connectivity index (χ1v) is 9.47. The van der Waals surface area contributed by atoms with Crippen LogP contribution < -0.4 is 9.47 Å². The molecule has 4 rings (SSSR count). The number of aliphatic hydroxyl groups excluding tert-OH is 1. The van der Waals surface area contributed by atoms with E-state index in [0.29, 0.717) is 35.9 Å². The maximum Gasteiger partial charge on any atom is 0.207 e. The predicted molar refractivity (Wildman–Crippen MR) is 90.0 cm³/mol. The van der Waals surface area contributed by atoms with Crippen molar-refractivity contribution in [3.05, 3.63) is 23.5 Å². The summed E-state index contributed by atoms with van der Waals surface area (Å²) in [5, 5.41) is 9.72. The van der Waals surface area contributed by atoms with Crippen molar-refractivity contribution in [2.45, 2.75) is 70.0 Å². The molecule has 1 heterocycles. The van der Waals surface area contributed by atoms with Crippen LogP contribution in [0, 0.1) is 17.7 Å². The van der Waals surface area contributed by atoms with Crippen molar-refractivity contribution >= 4 is 0 Å². The van der Waals surface area contributed by atoms with Crippen molar-refractivity contribution in [2.75, 3.05) is 6.61 Å². The summed E-state index contributed by atoms with van der Waals surface area (Å²) >= 11 is 0. The molecule has 0 radical (unpaired) electrons. The normalized spacial score (nSPS) is 35.0. The van der Waals surface area contributed by atoms with Gasteiger partial charge in [0.25, 0.3) is 0 Å². The van der Waals surface area contributed by atoms with Crippen LogP contribution in [-0.4, -0.2) is 23.9 Å². The Hall–Kier alpha value is -1.29. The van der Waals surface area contributed by atoms with E-state index in [1.54, 1.807) is 6.07 Å². The fourth-order valence-corrected chi connectivity index (χ4v) is 5.03. The minimum absolute atomic E-state index is 0.101. The third-order valence-corrected chi connectivity index (χ3v) is 6.30. The van der Waals surface area contributed by atoms with Gasteiger partial charge in [0.2, 0.25) is 5.82 Å². The Bertz CT molecular complexity index is 595. The van der Waals surface area contributed by atoms with Gasteiger partial charge >= 0.3 is 0 Å². The molecule has 2 saturated carbocycles. The molecule has 2 aliphatic carbocycles. The third kappa shape index (κ3) is 2.79. The number of hydrogen-bond donors (Lipinski definition) is 1. The van der Waals surface area contributed by atoms with Crippen LogP contribution in [0.3, 0.4) is 0 Å². The van der Waals surface area contributed by atoms with Gasteiger partial charge in [-0.3, -0.25) is 0 Å². The lowest BCUT2D eigenvalue weighted by molar-refractivity contribution is 0.0541. The molecule has 3 aliphatic rings. The number of hydrogen-bond acceptors (Lipinski definition) is 3. The summed E-state index contributed by atoms with van der Waals surface area (Å²) < 4.78 is 26.0. The molecule has 0 aromatic heterocycles. The average Bonchev–Trinajstić information content (AvgIpc) is 2.97. The summed E-state index contributed by atoms with van der Waals surface area (Å²) in [6.45, 7) is 2.32. The van der Waals surface area contributed by atoms with Gasteiger partial charge in [-0.15, -0.1) is 0 Å². The van der Waals surface area contributed by atoms with Gasteiger partial charge in [0.05, 0.1) is 12.7 Å². The number of benzene rings is 1. The van der Waals surface area contributed by atoms with Crippen molar-refractivity contribution in [1.82, 2.24) is 0 Å². The first kappa shape index (κ1) is 16.2. The van der Waals surface area contributed by atoms with E-state index < -0.39 is 0 Å². The summed E-state index contributed by atoms with van der Waals surface area (Å²) in [6, 6.07) is 3.74. The topological polar surface area (TPSA) is 38.7 Å². The number of ether oxygens (including phenoxy) is 2. The van der Waals surface area contributed by atoms with Gasteiger partial charge in [-0.05, 0) is 69.8 Å². The second kappa shape index (κ2) is 6.55. The van der Waals surface area contributed by atoms with E-state index in [1.165, 1.54) is 6.42 Å². The zero-order chi connectivity index (χ0) is 16.7. The van der Waals surface area contributed by atoms with Gasteiger partial charge in [-0.25, -0.2) is 0 Å². The molecule has 4 heteroatoms. The van der Waals surface area contributed by atoms with Gasteiger partial charge in [0.15, 0.2) is 11.5 Å². The standard InChI is InChI=1S/C20H27FO3/c1-2-23-17-10-9-16-15-8-5-13(12-3-6-14(22)7-4-12)11-18(15)24-20(16)19(17)21/h9-10,12-15,18,22H,2-8,11H2,1H3/t12?,13-,14?,15+,18-/m1/s1. The smallest absolute Gasteiger partial charge is 0.207 e. The van der Waals surface area contributed by atoms with E-state index in [1.807, 2.05) is 13.0 Å². The van der Waals surface area contributed by atoms with Crippen molar-refractivity contribution < 1.29 is 19.0 Å². The van der Waals surface area contributed by atoms with E-state index in [9.17, 15) is 9.50 Å². The number of halogens is 1. The molecule has 2 fully saturated rings. The lowest BCUT2D eigenvalue weighted by Gasteiger charge is -2.38. The van der Waals surface area contributed by atoms with Crippen molar-refractivity contribution in [1.29, 1.82) is 0 Å². The highest BCUT2D eigenvalue weighted by molar-refractivity contribution is 5.48. The first-order chi connectivity index (χ1) is 11.7. The molecule has 0 amide bonds. The van der Waals surface area contributed by atoms with Crippen LogP contribution in [0.1, 0.15) is 63.4 Å². The van der Waals surface area contributed by atoms with E-state index in [0.717, 1.165) is 44.1 Å². The van der Waals surface area contributed by atoms with Crippen LogP contribution >= 0.6 is 0 Å². The Kier molecular flexibility index (Phi) is 4.42. The first-order valence-electron chi connectivity index (χ1n) is 9.47. The van der Waals surface area contributed by atoms with Gasteiger partial charge < -0.3 is 14.6 Å². The molecule has 1 aromatic carbocycles. The van der Waals surface area contributed by atoms with Gasteiger partial charge in [0.1, 0.15) is 6.10 Å². The Balaban J connectivity index is 1.48. The molecule has 1 N–H and O–H groups in total. The molecular formula is C20H27FO3. The van der Waals surface area contributed by atoms with Crippen molar-refractivity contribution in [3.63, 3.8) is 0 Å². The molecular weight excluding hydrogens is 307 g/mol. The fraction of sp³-hybridized carbons (Fsp3) is 0.700. The molecule has 3 nitrogen and oxygen atoms in total. The zero-order valence-electron chi connectivity index (χ0n) is 14.3. The molecule has 1 aliphatic heterocycles. The molecule has 1 aromatic rings. The summed E-state index contributed by atoms with van der Waals surface area (Å²) in [5.41, 5.74) is 1.03. The lowest BCUT2D eigenvalue weighted by Crippen LogP contribution is -2.33. The number of rotatable bonds is 3. The maximum atomic E-state index is 14.6. The number of fused-ring (bicyclic) bond motifs is 3. The van der Waals surface area contributed by atoms with Crippen molar-refractivity contribution in [2.24, 2.45) is 11.8 Å². The van der Waals surface area contributed by atoms with Gasteiger partial charge in [-0.1, -0.05) is 6.07 Å². The van der Waals surface area contributed by atoms with Crippen LogP contribution in [0.15, 0.2) is 12.1 Å². The summed E-state index contributed by atoms with van der Waals surface area (Å²) in [4.78, 5) is 0. The van der Waals surface area contributed by atoms with Crippen LogP contribution in [-0.2, 0) is 0 Å². The van der Waals surface area contributed by atoms with E-state index in [2.05, 4.69) is 0 Å². The molecule has 0 bridgehead atoms. The Morgan fingerprint density at radius 1 is 1.12 bits per heavy atom. The highest BCUT2D eigenvalue weighted by atomic mass is 19.1. The van der Waals surface area contributed by atoms with Crippen molar-refractivity contribution in [3.8, 4) is 11.5 Å². The second-order valence-electron chi connectivity index (χ2n) is 7.63. The molecule has 132 valence electrons. The lowest BCUT2D eigenvalue weighted by atomic mass is 9.69. The fourth-order valence-electron chi connectivity index (χ4n) is 5.03. The largest absolute Gasteiger partial charge is 0.491 e. The SMILES string of the molecule is CCOc1ccc2c(c1F)O[C@@H]1C[C@H](C3CCC(O)CC3)CC[C@@H]21. The summed E-state index contributed by atoms with van der Waals surface area (Å²) in [7, 11) is 0. The van der Waals surface area contributed by atoms with E-state index in [-0.39, 0.29) is 18.0 Å². The Labute approximate surface area is 143 Å². The van der Waals surface area contributed by atoms with Crippen LogP contribution in [0.25, 0.3) is 0 Å². The van der Waals surface area contributed by atoms with Gasteiger partial charge in [-0.2, -0.15) is 4.39 Å². The third-order valence-electron chi connectivity index (χ3n) is 6.30. The molecule has 3 atom stereocenters.